The molecule has 3 aromatic heterocycles. The van der Waals surface area contributed by atoms with Crippen molar-refractivity contribution in [3.63, 3.8) is 0 Å². The number of hydrogen-bond donors (Lipinski definition) is 3. The lowest BCUT2D eigenvalue weighted by Gasteiger charge is -2.11. The number of nitrogens with one attached hydrogen (secondary N) is 2. The van der Waals surface area contributed by atoms with Crippen LogP contribution in [0.1, 0.15) is 27.9 Å². The first-order valence-corrected chi connectivity index (χ1v) is 12.1. The standard InChI is InChI=1S/C25H21ClN8O6/c1-4-27-23(36)20-18(12-5-7-13(39-3)8-6-12)19(29-30-20)14-9-15(26)17(10-16(14)35)40-24(37)21-22-31-32-33(2)25(38)34(22)11-28-21/h5-11,35H,4H2,1-3H3,(H,27,36)(H,29,30). The van der Waals surface area contributed by atoms with Crippen LogP contribution >= 0.6 is 11.6 Å². The number of phenols is 1. The molecule has 0 unspecified atom stereocenters. The Kier molecular flexibility index (Phi) is 6.92. The molecule has 5 aromatic rings. The number of esters is 1. The minimum absolute atomic E-state index is 0.0464. The first-order chi connectivity index (χ1) is 19.2. The van der Waals surface area contributed by atoms with Gasteiger partial charge in [0.15, 0.2) is 17.1 Å². The van der Waals surface area contributed by atoms with Crippen LogP contribution in [0.25, 0.3) is 28.0 Å². The third kappa shape index (κ3) is 4.60. The van der Waals surface area contributed by atoms with Gasteiger partial charge in [0.05, 0.1) is 12.1 Å². The van der Waals surface area contributed by atoms with Gasteiger partial charge in [0.25, 0.3) is 5.91 Å². The first-order valence-electron chi connectivity index (χ1n) is 11.8. The Hall–Kier alpha value is -5.24. The fraction of sp³-hybridized carbons (Fsp3) is 0.160. The van der Waals surface area contributed by atoms with Crippen molar-refractivity contribution < 1.29 is 24.2 Å². The van der Waals surface area contributed by atoms with Gasteiger partial charge in [-0.05, 0) is 30.7 Å². The molecule has 0 radical (unpaired) electrons. The fourth-order valence-electron chi connectivity index (χ4n) is 3.97. The van der Waals surface area contributed by atoms with Gasteiger partial charge >= 0.3 is 11.7 Å². The van der Waals surface area contributed by atoms with Crippen LogP contribution in [0.5, 0.6) is 17.2 Å². The number of ether oxygens (including phenoxy) is 2. The van der Waals surface area contributed by atoms with E-state index >= 15 is 0 Å². The van der Waals surface area contributed by atoms with E-state index in [2.05, 4.69) is 30.8 Å². The number of aryl methyl sites for hydroxylation is 1. The van der Waals surface area contributed by atoms with E-state index < -0.39 is 17.6 Å². The highest BCUT2D eigenvalue weighted by molar-refractivity contribution is 6.32. The maximum Gasteiger partial charge on any atom is 0.366 e. The molecule has 1 amide bonds. The Morgan fingerprint density at radius 3 is 2.65 bits per heavy atom. The molecule has 0 saturated heterocycles. The van der Waals surface area contributed by atoms with Gasteiger partial charge in [0.1, 0.15) is 29.2 Å². The number of nitrogens with zero attached hydrogens (tertiary/aromatic N) is 6. The number of carbonyl (C=O) groups is 2. The van der Waals surface area contributed by atoms with E-state index in [1.807, 2.05) is 0 Å². The summed E-state index contributed by atoms with van der Waals surface area (Å²) in [6.45, 7) is 2.17. The minimum atomic E-state index is -0.976. The number of benzene rings is 2. The van der Waals surface area contributed by atoms with Crippen LogP contribution in [0.3, 0.4) is 0 Å². The van der Waals surface area contributed by atoms with Crippen molar-refractivity contribution in [2.45, 2.75) is 6.92 Å². The summed E-state index contributed by atoms with van der Waals surface area (Å²) in [4.78, 5) is 41.7. The number of fused-ring (bicyclic) bond motifs is 1. The van der Waals surface area contributed by atoms with Gasteiger partial charge < -0.3 is 19.9 Å². The van der Waals surface area contributed by atoms with Gasteiger partial charge in [0, 0.05) is 30.8 Å². The van der Waals surface area contributed by atoms with E-state index in [9.17, 15) is 19.5 Å². The van der Waals surface area contributed by atoms with Crippen LogP contribution in [0.4, 0.5) is 0 Å². The van der Waals surface area contributed by atoms with Crippen molar-refractivity contribution in [1.29, 1.82) is 0 Å². The summed E-state index contributed by atoms with van der Waals surface area (Å²) in [6, 6.07) is 9.43. The highest BCUT2D eigenvalue weighted by Crippen LogP contribution is 2.42. The number of aromatic hydroxyl groups is 1. The number of rotatable bonds is 7. The summed E-state index contributed by atoms with van der Waals surface area (Å²) in [7, 11) is 2.94. The second kappa shape index (κ2) is 10.5. The van der Waals surface area contributed by atoms with E-state index in [1.54, 1.807) is 31.2 Å². The second-order valence-electron chi connectivity index (χ2n) is 8.38. The zero-order chi connectivity index (χ0) is 28.6. The van der Waals surface area contributed by atoms with Crippen molar-refractivity contribution in [3.05, 3.63) is 69.6 Å². The molecule has 0 aliphatic rings. The average molecular weight is 565 g/mol. The quantitative estimate of drug-likeness (QED) is 0.196. The zero-order valence-corrected chi connectivity index (χ0v) is 22.1. The summed E-state index contributed by atoms with van der Waals surface area (Å²) in [5.41, 5.74) is 0.667. The molecular weight excluding hydrogens is 544 g/mol. The third-order valence-corrected chi connectivity index (χ3v) is 6.20. The topological polar surface area (TPSA) is 179 Å². The SMILES string of the molecule is CCNC(=O)c1[nH]nc(-c2cc(Cl)c(OC(=O)c3ncn4c(=O)n(C)nnc34)cc2O)c1-c1ccc(OC)cc1. The zero-order valence-electron chi connectivity index (χ0n) is 21.3. The largest absolute Gasteiger partial charge is 0.507 e. The Labute approximate surface area is 230 Å². The summed E-state index contributed by atoms with van der Waals surface area (Å²) in [5.74, 6) is -1.28. The number of hydrogen-bond acceptors (Lipinski definition) is 10. The molecule has 0 aliphatic heterocycles. The van der Waals surface area contributed by atoms with E-state index in [4.69, 9.17) is 21.1 Å². The minimum Gasteiger partial charge on any atom is -0.507 e. The smallest absolute Gasteiger partial charge is 0.366 e. The number of carbonyl (C=O) groups excluding carboxylic acids is 2. The first kappa shape index (κ1) is 26.4. The van der Waals surface area contributed by atoms with Crippen molar-refractivity contribution in [2.24, 2.45) is 7.05 Å². The van der Waals surface area contributed by atoms with E-state index in [-0.39, 0.29) is 44.8 Å². The number of imidazole rings is 1. The highest BCUT2D eigenvalue weighted by Gasteiger charge is 2.26. The molecule has 3 heterocycles. The van der Waals surface area contributed by atoms with Gasteiger partial charge in [-0.2, -0.15) is 9.78 Å². The van der Waals surface area contributed by atoms with Crippen LogP contribution in [-0.2, 0) is 7.05 Å². The second-order valence-corrected chi connectivity index (χ2v) is 8.79. The van der Waals surface area contributed by atoms with Gasteiger partial charge in [0.2, 0.25) is 0 Å². The maximum atomic E-state index is 12.8. The Bertz CT molecular complexity index is 1830. The molecule has 0 atom stereocenters. The number of methoxy groups -OCH3 is 1. The number of aromatic nitrogens is 7. The lowest BCUT2D eigenvalue weighted by atomic mass is 9.97. The van der Waals surface area contributed by atoms with Crippen LogP contribution in [0, 0.1) is 0 Å². The summed E-state index contributed by atoms with van der Waals surface area (Å²) in [5, 5.41) is 28.1. The van der Waals surface area contributed by atoms with E-state index in [0.717, 1.165) is 21.5 Å². The summed E-state index contributed by atoms with van der Waals surface area (Å²) < 4.78 is 12.6. The average Bonchev–Trinajstić information content (AvgIpc) is 3.58. The molecule has 204 valence electrons. The lowest BCUT2D eigenvalue weighted by molar-refractivity contribution is 0.0730. The van der Waals surface area contributed by atoms with Gasteiger partial charge in [-0.1, -0.05) is 28.9 Å². The van der Waals surface area contributed by atoms with Gasteiger partial charge in [-0.3, -0.25) is 9.89 Å². The molecule has 40 heavy (non-hydrogen) atoms. The van der Waals surface area contributed by atoms with Crippen LogP contribution in [0.2, 0.25) is 5.02 Å². The number of H-pyrrole nitrogens is 1. The molecule has 0 saturated carbocycles. The van der Waals surface area contributed by atoms with E-state index in [1.165, 1.54) is 20.2 Å². The number of amides is 1. The van der Waals surface area contributed by atoms with Crippen LogP contribution in [-0.4, -0.2) is 65.2 Å². The molecule has 0 bridgehead atoms. The Balaban J connectivity index is 1.53. The fourth-order valence-corrected chi connectivity index (χ4v) is 4.18. The molecule has 0 fully saturated rings. The molecule has 2 aromatic carbocycles. The Morgan fingerprint density at radius 2 is 1.95 bits per heavy atom. The number of halogens is 1. The predicted molar refractivity (Wildman–Crippen MR) is 142 cm³/mol. The van der Waals surface area contributed by atoms with Crippen molar-refractivity contribution in [3.8, 4) is 39.6 Å². The third-order valence-electron chi connectivity index (χ3n) is 5.91. The van der Waals surface area contributed by atoms with Crippen LogP contribution < -0.4 is 20.5 Å². The maximum absolute atomic E-state index is 12.8. The van der Waals surface area contributed by atoms with Crippen LogP contribution in [0.15, 0.2) is 47.5 Å². The normalized spacial score (nSPS) is 11.0. The van der Waals surface area contributed by atoms with Crippen molar-refractivity contribution in [2.75, 3.05) is 13.7 Å². The summed E-state index contributed by atoms with van der Waals surface area (Å²) in [6.07, 6.45) is 1.12. The molecule has 0 spiro atoms. The van der Waals surface area contributed by atoms with Crippen molar-refractivity contribution >= 4 is 29.1 Å². The molecule has 3 N–H and O–H groups in total. The monoisotopic (exact) mass is 564 g/mol. The molecule has 14 nitrogen and oxygen atoms in total. The lowest BCUT2D eigenvalue weighted by Crippen LogP contribution is -2.27. The molecule has 15 heteroatoms. The molecular formula is C25H21ClN8O6. The van der Waals surface area contributed by atoms with Gasteiger partial charge in [-0.25, -0.2) is 19.0 Å². The highest BCUT2D eigenvalue weighted by atomic mass is 35.5. The molecule has 0 aliphatic carbocycles. The number of aromatic amines is 1. The van der Waals surface area contributed by atoms with Gasteiger partial charge in [-0.15, -0.1) is 5.10 Å². The summed E-state index contributed by atoms with van der Waals surface area (Å²) >= 11 is 6.45. The number of phenolic OH excluding ortho intramolecular Hbond substituents is 1. The Morgan fingerprint density at radius 1 is 1.20 bits per heavy atom. The van der Waals surface area contributed by atoms with Crippen molar-refractivity contribution in [1.82, 2.24) is 39.9 Å². The predicted octanol–water partition coefficient (Wildman–Crippen LogP) is 2.22. The van der Waals surface area contributed by atoms with E-state index in [0.29, 0.717) is 23.4 Å². The molecule has 5 rings (SSSR count).